The summed E-state index contributed by atoms with van der Waals surface area (Å²) in [5.74, 6) is 1.57. The molecule has 52 heavy (non-hydrogen) atoms. The van der Waals surface area contributed by atoms with E-state index in [0.717, 1.165) is 38.5 Å². The van der Waals surface area contributed by atoms with Gasteiger partial charge in [-0.2, -0.15) is 9.97 Å². The van der Waals surface area contributed by atoms with Gasteiger partial charge in [-0.15, -0.1) is 0 Å². The third-order valence-electron chi connectivity index (χ3n) is 7.84. The van der Waals surface area contributed by atoms with Crippen LogP contribution in [-0.4, -0.2) is 85.5 Å². The summed E-state index contributed by atoms with van der Waals surface area (Å²) in [7, 11) is 0. The molecule has 2 heterocycles. The Morgan fingerprint density at radius 2 is 1.19 bits per heavy atom. The number of nitrogens with one attached hydrogen (secondary N) is 6. The monoisotopic (exact) mass is 730 g/mol. The Morgan fingerprint density at radius 3 is 1.62 bits per heavy atom. The van der Waals surface area contributed by atoms with Crippen molar-refractivity contribution in [1.29, 1.82) is 0 Å². The summed E-state index contributed by atoms with van der Waals surface area (Å²) in [6, 6.07) is 0.725. The van der Waals surface area contributed by atoms with Crippen LogP contribution >= 0.6 is 0 Å². The van der Waals surface area contributed by atoms with E-state index in [1.54, 1.807) is 13.1 Å². The lowest BCUT2D eigenvalue weighted by molar-refractivity contribution is -0.384. The highest BCUT2D eigenvalue weighted by molar-refractivity contribution is 5.69. The SMILES string of the molecule is CC(CNc1nc(NC2CCCC2)ncc1N)OC(=O)NC(C)(C)C.CC(CNc1nc(NC2CCCC2)ncc1[N+](=O)[O-])OC(=O)NC(C)(C)C. The molecule has 4 rings (SSSR count). The number of aromatic nitrogens is 4. The van der Waals surface area contributed by atoms with Gasteiger partial charge in [-0.3, -0.25) is 10.1 Å². The first-order chi connectivity index (χ1) is 24.4. The van der Waals surface area contributed by atoms with E-state index in [1.165, 1.54) is 19.0 Å². The standard InChI is InChI=1S/C17H28N6O4.C17H30N6O2/c1-11(27-16(24)22-17(2,3)4)9-18-14-13(23(25)26)10-19-15(21-14)20-12-7-5-6-8-12;1-11(25-16(24)23-17(2,3)4)9-19-14-13(18)10-20-15(22-14)21-12-7-5-6-8-12/h10-12H,5-9H2,1-4H3,(H,22,24)(H2,18,19,20,21);10-12H,5-9,18H2,1-4H3,(H,23,24)(H2,19,20,21,22). The fourth-order valence-electron chi connectivity index (χ4n) is 5.42. The van der Waals surface area contributed by atoms with Crippen molar-refractivity contribution in [3.05, 3.63) is 22.5 Å². The topological polar surface area (TPSA) is 246 Å². The van der Waals surface area contributed by atoms with Gasteiger partial charge in [0.1, 0.15) is 18.4 Å². The molecule has 2 aliphatic rings. The number of nitrogens with two attached hydrogens (primary N) is 1. The zero-order chi connectivity index (χ0) is 38.5. The third-order valence-corrected chi connectivity index (χ3v) is 7.84. The van der Waals surface area contributed by atoms with Crippen molar-refractivity contribution in [2.24, 2.45) is 0 Å². The molecule has 2 aromatic heterocycles. The second-order valence-corrected chi connectivity index (χ2v) is 15.4. The smallest absolute Gasteiger partial charge is 0.407 e. The summed E-state index contributed by atoms with van der Waals surface area (Å²) >= 11 is 0. The van der Waals surface area contributed by atoms with Crippen molar-refractivity contribution in [1.82, 2.24) is 30.6 Å². The Kier molecular flexibility index (Phi) is 15.2. The Hall–Kier alpha value is -4.90. The number of carbonyl (C=O) groups is 2. The van der Waals surface area contributed by atoms with Crippen molar-refractivity contribution in [2.45, 2.75) is 142 Å². The highest BCUT2D eigenvalue weighted by Crippen LogP contribution is 2.26. The molecule has 18 heteroatoms. The lowest BCUT2D eigenvalue weighted by atomic mass is 10.1. The maximum Gasteiger partial charge on any atom is 0.407 e. The summed E-state index contributed by atoms with van der Waals surface area (Å²) in [6.45, 7) is 15.3. The van der Waals surface area contributed by atoms with Gasteiger partial charge in [-0.05, 0) is 81.1 Å². The summed E-state index contributed by atoms with van der Waals surface area (Å²) in [5, 5.41) is 29.2. The van der Waals surface area contributed by atoms with Gasteiger partial charge in [-0.25, -0.2) is 19.6 Å². The van der Waals surface area contributed by atoms with Crippen LogP contribution in [0.2, 0.25) is 0 Å². The Morgan fingerprint density at radius 1 is 0.788 bits per heavy atom. The first-order valence-corrected chi connectivity index (χ1v) is 18.0. The molecular formula is C34H58N12O6. The molecule has 0 saturated heterocycles. The molecule has 2 fully saturated rings. The summed E-state index contributed by atoms with van der Waals surface area (Å²) < 4.78 is 10.6. The number of carbonyl (C=O) groups excluding carboxylic acids is 2. The number of nitrogens with zero attached hydrogens (tertiary/aromatic N) is 5. The second kappa shape index (κ2) is 19.1. The number of anilines is 5. The number of hydrogen-bond acceptors (Lipinski definition) is 15. The predicted octanol–water partition coefficient (Wildman–Crippen LogP) is 5.80. The number of alkyl carbamates (subject to hydrolysis) is 2. The van der Waals surface area contributed by atoms with Gasteiger partial charge in [0.2, 0.25) is 17.7 Å². The van der Waals surface area contributed by atoms with Crippen LogP contribution in [0.1, 0.15) is 107 Å². The molecule has 0 aromatic carbocycles. The Balaban J connectivity index is 0.000000281. The van der Waals surface area contributed by atoms with E-state index in [-0.39, 0.29) is 29.7 Å². The minimum atomic E-state index is -0.544. The number of ether oxygens (including phenoxy) is 2. The van der Waals surface area contributed by atoms with Crippen LogP contribution in [0.25, 0.3) is 0 Å². The third kappa shape index (κ3) is 15.6. The number of nitrogen functional groups attached to an aromatic ring is 1. The van der Waals surface area contributed by atoms with E-state index in [4.69, 9.17) is 15.2 Å². The number of amides is 2. The highest BCUT2D eigenvalue weighted by atomic mass is 16.6. The molecule has 0 aliphatic heterocycles. The van der Waals surface area contributed by atoms with E-state index >= 15 is 0 Å². The van der Waals surface area contributed by atoms with Crippen LogP contribution in [0.15, 0.2) is 12.4 Å². The Bertz CT molecular complexity index is 1470. The average Bonchev–Trinajstić information content (AvgIpc) is 3.73. The van der Waals surface area contributed by atoms with E-state index < -0.39 is 28.8 Å². The normalized spacial score (nSPS) is 16.1. The van der Waals surface area contributed by atoms with Crippen LogP contribution in [0, 0.1) is 10.1 Å². The zero-order valence-electron chi connectivity index (χ0n) is 31.8. The van der Waals surface area contributed by atoms with E-state index in [0.29, 0.717) is 42.0 Å². The van der Waals surface area contributed by atoms with Crippen LogP contribution in [0.4, 0.5) is 44.5 Å². The Labute approximate surface area is 306 Å². The summed E-state index contributed by atoms with van der Waals surface area (Å²) in [6.07, 6.45) is 10.1. The first kappa shape index (κ1) is 41.5. The van der Waals surface area contributed by atoms with Gasteiger partial charge in [0.15, 0.2) is 5.82 Å². The molecule has 2 amide bonds. The molecule has 290 valence electrons. The van der Waals surface area contributed by atoms with Crippen LogP contribution in [0.3, 0.4) is 0 Å². The van der Waals surface area contributed by atoms with Crippen molar-refractivity contribution in [3.63, 3.8) is 0 Å². The highest BCUT2D eigenvalue weighted by Gasteiger charge is 2.23. The van der Waals surface area contributed by atoms with Gasteiger partial charge in [-0.1, -0.05) is 25.7 Å². The number of nitro groups is 1. The van der Waals surface area contributed by atoms with Crippen LogP contribution in [0.5, 0.6) is 0 Å². The molecular weight excluding hydrogens is 672 g/mol. The molecule has 2 unspecified atom stereocenters. The minimum absolute atomic E-state index is 0.0992. The second-order valence-electron chi connectivity index (χ2n) is 15.4. The van der Waals surface area contributed by atoms with Gasteiger partial charge in [0, 0.05) is 23.2 Å². The molecule has 2 aromatic rings. The molecule has 2 aliphatic carbocycles. The van der Waals surface area contributed by atoms with Crippen molar-refractivity contribution < 1.29 is 24.0 Å². The van der Waals surface area contributed by atoms with Crippen LogP contribution < -0.4 is 37.6 Å². The number of hydrogen-bond donors (Lipinski definition) is 7. The molecule has 2 atom stereocenters. The molecule has 8 N–H and O–H groups in total. The lowest BCUT2D eigenvalue weighted by Crippen LogP contribution is -2.42. The van der Waals surface area contributed by atoms with Gasteiger partial charge in [0.05, 0.1) is 29.9 Å². The maximum atomic E-state index is 11.8. The fourth-order valence-corrected chi connectivity index (χ4v) is 5.42. The first-order valence-electron chi connectivity index (χ1n) is 18.0. The fraction of sp³-hybridized carbons (Fsp3) is 0.706. The minimum Gasteiger partial charge on any atom is -0.445 e. The lowest BCUT2D eigenvalue weighted by Gasteiger charge is -2.22. The predicted molar refractivity (Wildman–Crippen MR) is 202 cm³/mol. The molecule has 2 saturated carbocycles. The van der Waals surface area contributed by atoms with E-state index in [9.17, 15) is 19.7 Å². The molecule has 0 spiro atoms. The van der Waals surface area contributed by atoms with Gasteiger partial charge < -0.3 is 47.1 Å². The summed E-state index contributed by atoms with van der Waals surface area (Å²) in [5.41, 5.74) is 5.43. The summed E-state index contributed by atoms with van der Waals surface area (Å²) in [4.78, 5) is 51.2. The van der Waals surface area contributed by atoms with Crippen molar-refractivity contribution in [2.75, 3.05) is 40.1 Å². The number of rotatable bonds is 13. The van der Waals surface area contributed by atoms with Crippen molar-refractivity contribution in [3.8, 4) is 0 Å². The van der Waals surface area contributed by atoms with E-state index in [2.05, 4.69) is 51.8 Å². The van der Waals surface area contributed by atoms with Crippen molar-refractivity contribution >= 4 is 47.1 Å². The quantitative estimate of drug-likeness (QED) is 0.0950. The van der Waals surface area contributed by atoms with Gasteiger partial charge >= 0.3 is 17.9 Å². The largest absolute Gasteiger partial charge is 0.445 e. The maximum absolute atomic E-state index is 11.8. The average molecular weight is 731 g/mol. The molecule has 0 bridgehead atoms. The molecule has 18 nitrogen and oxygen atoms in total. The van der Waals surface area contributed by atoms with Crippen LogP contribution in [-0.2, 0) is 9.47 Å². The van der Waals surface area contributed by atoms with Gasteiger partial charge in [0.25, 0.3) is 0 Å². The zero-order valence-corrected chi connectivity index (χ0v) is 31.8. The molecule has 0 radical (unpaired) electrons. The van der Waals surface area contributed by atoms with E-state index in [1.807, 2.05) is 48.5 Å².